The molecule has 0 bridgehead atoms. The first-order chi connectivity index (χ1) is 9.23. The van der Waals surface area contributed by atoms with Gasteiger partial charge in [0.2, 0.25) is 0 Å². The number of carbonyl (C=O) groups is 1. The fourth-order valence-electron chi connectivity index (χ4n) is 2.70. The number of amides is 1. The lowest BCUT2D eigenvalue weighted by molar-refractivity contribution is -0.137. The lowest BCUT2D eigenvalue weighted by atomic mass is 9.79. The smallest absolute Gasteiger partial charge is 0.257 e. The molecule has 0 radical (unpaired) electrons. The normalized spacial score (nSPS) is 26.2. The molecule has 96 valence electrons. The Hall–Kier alpha value is -2.13. The van der Waals surface area contributed by atoms with Crippen molar-refractivity contribution in [3.63, 3.8) is 0 Å². The van der Waals surface area contributed by atoms with Gasteiger partial charge in [-0.2, -0.15) is 0 Å². The van der Waals surface area contributed by atoms with E-state index in [1.165, 1.54) is 0 Å². The summed E-state index contributed by atoms with van der Waals surface area (Å²) in [6.07, 6.45) is 0. The average molecular weight is 253 g/mol. The lowest BCUT2D eigenvalue weighted by Crippen LogP contribution is -2.38. The summed E-state index contributed by atoms with van der Waals surface area (Å²) in [4.78, 5) is 12.1. The molecule has 1 heterocycles. The van der Waals surface area contributed by atoms with Crippen LogP contribution >= 0.6 is 0 Å². The summed E-state index contributed by atoms with van der Waals surface area (Å²) in [5.74, 6) is -0.587. The summed E-state index contributed by atoms with van der Waals surface area (Å²) in [6, 6.07) is 18.8. The third-order valence-corrected chi connectivity index (χ3v) is 3.73. The Bertz CT molecular complexity index is 582. The highest BCUT2D eigenvalue weighted by Crippen LogP contribution is 2.40. The Morgan fingerprint density at radius 1 is 1.00 bits per heavy atom. The van der Waals surface area contributed by atoms with Gasteiger partial charge >= 0.3 is 0 Å². The van der Waals surface area contributed by atoms with Gasteiger partial charge in [0.05, 0.1) is 0 Å². The zero-order valence-electron chi connectivity index (χ0n) is 10.4. The van der Waals surface area contributed by atoms with E-state index >= 15 is 0 Å². The molecule has 1 fully saturated rings. The van der Waals surface area contributed by atoms with Gasteiger partial charge in [-0.05, 0) is 11.1 Å². The Balaban J connectivity index is 2.09. The highest BCUT2D eigenvalue weighted by Gasteiger charge is 2.50. The average Bonchev–Trinajstić information content (AvgIpc) is 2.78. The molecule has 2 aromatic carbocycles. The van der Waals surface area contributed by atoms with E-state index < -0.39 is 5.60 Å². The lowest BCUT2D eigenvalue weighted by Gasteiger charge is -2.27. The minimum absolute atomic E-state index is 0.261. The highest BCUT2D eigenvalue weighted by molar-refractivity contribution is 5.90. The van der Waals surface area contributed by atoms with Crippen LogP contribution in [0.25, 0.3) is 0 Å². The van der Waals surface area contributed by atoms with Crippen LogP contribution in [-0.2, 0) is 10.4 Å². The molecule has 0 saturated carbocycles. The zero-order chi connectivity index (χ0) is 13.3. The topological polar surface area (TPSA) is 49.3 Å². The number of rotatable bonds is 2. The van der Waals surface area contributed by atoms with Gasteiger partial charge in [0.15, 0.2) is 5.60 Å². The van der Waals surface area contributed by atoms with Crippen LogP contribution in [0.5, 0.6) is 0 Å². The fourth-order valence-corrected chi connectivity index (χ4v) is 2.70. The molecule has 0 aliphatic carbocycles. The van der Waals surface area contributed by atoms with E-state index in [1.807, 2.05) is 48.5 Å². The van der Waals surface area contributed by atoms with E-state index in [0.29, 0.717) is 12.1 Å². The summed E-state index contributed by atoms with van der Waals surface area (Å²) in [7, 11) is 0. The second-order valence-electron chi connectivity index (χ2n) is 4.81. The van der Waals surface area contributed by atoms with Crippen molar-refractivity contribution < 1.29 is 9.90 Å². The molecule has 1 aliphatic heterocycles. The van der Waals surface area contributed by atoms with Crippen molar-refractivity contribution in [1.29, 1.82) is 0 Å². The number of hydrogen-bond donors (Lipinski definition) is 2. The molecule has 3 nitrogen and oxygen atoms in total. The molecule has 3 heteroatoms. The maximum absolute atomic E-state index is 12.1. The van der Waals surface area contributed by atoms with Crippen LogP contribution in [0, 0.1) is 0 Å². The van der Waals surface area contributed by atoms with Crippen molar-refractivity contribution in [2.75, 3.05) is 6.54 Å². The van der Waals surface area contributed by atoms with Gasteiger partial charge in [-0.15, -0.1) is 0 Å². The Kier molecular flexibility index (Phi) is 2.84. The number of carbonyl (C=O) groups excluding carboxylic acids is 1. The maximum Gasteiger partial charge on any atom is 0.257 e. The van der Waals surface area contributed by atoms with Crippen molar-refractivity contribution >= 4 is 5.91 Å². The second kappa shape index (κ2) is 4.52. The number of nitrogens with one attached hydrogen (secondary N) is 1. The van der Waals surface area contributed by atoms with E-state index in [4.69, 9.17) is 0 Å². The molecule has 1 saturated heterocycles. The van der Waals surface area contributed by atoms with Crippen LogP contribution in [0.1, 0.15) is 17.0 Å². The number of hydrogen-bond acceptors (Lipinski definition) is 2. The van der Waals surface area contributed by atoms with E-state index in [0.717, 1.165) is 5.56 Å². The van der Waals surface area contributed by atoms with E-state index in [-0.39, 0.29) is 11.8 Å². The minimum atomic E-state index is -1.48. The molecule has 2 N–H and O–H groups in total. The Labute approximate surface area is 111 Å². The summed E-state index contributed by atoms with van der Waals surface area (Å²) < 4.78 is 0. The second-order valence-corrected chi connectivity index (χ2v) is 4.81. The van der Waals surface area contributed by atoms with Crippen LogP contribution < -0.4 is 5.32 Å². The van der Waals surface area contributed by atoms with Gasteiger partial charge in [-0.1, -0.05) is 60.7 Å². The van der Waals surface area contributed by atoms with E-state index in [1.54, 1.807) is 12.1 Å². The SMILES string of the molecule is O=C1NC[C@@H](c2ccccc2)[C@]1(O)c1ccccc1. The van der Waals surface area contributed by atoms with Crippen LogP contribution in [0.15, 0.2) is 60.7 Å². The van der Waals surface area contributed by atoms with Gasteiger partial charge in [0.1, 0.15) is 0 Å². The molecule has 3 rings (SSSR count). The van der Waals surface area contributed by atoms with Gasteiger partial charge in [0.25, 0.3) is 5.91 Å². The molecule has 1 amide bonds. The summed E-state index contributed by atoms with van der Waals surface area (Å²) >= 11 is 0. The quantitative estimate of drug-likeness (QED) is 0.857. The number of benzene rings is 2. The first-order valence-corrected chi connectivity index (χ1v) is 6.34. The molecule has 0 aromatic heterocycles. The van der Waals surface area contributed by atoms with Crippen molar-refractivity contribution in [3.05, 3.63) is 71.8 Å². The van der Waals surface area contributed by atoms with Crippen molar-refractivity contribution in [1.82, 2.24) is 5.32 Å². The first kappa shape index (κ1) is 11.9. The van der Waals surface area contributed by atoms with Gasteiger partial charge < -0.3 is 10.4 Å². The molecule has 2 aromatic rings. The van der Waals surface area contributed by atoms with Gasteiger partial charge in [-0.3, -0.25) is 4.79 Å². The third kappa shape index (κ3) is 1.83. The molecule has 19 heavy (non-hydrogen) atoms. The predicted molar refractivity (Wildman–Crippen MR) is 72.5 cm³/mol. The Morgan fingerprint density at radius 3 is 2.21 bits per heavy atom. The van der Waals surface area contributed by atoms with Gasteiger partial charge in [-0.25, -0.2) is 0 Å². The van der Waals surface area contributed by atoms with Crippen molar-refractivity contribution in [2.45, 2.75) is 11.5 Å². The standard InChI is InChI=1S/C16H15NO2/c18-15-16(19,13-9-5-2-6-10-13)14(11-17-15)12-7-3-1-4-8-12/h1-10,14,19H,11H2,(H,17,18)/t14-,16+/m0/s1. The molecule has 2 atom stereocenters. The van der Waals surface area contributed by atoms with Crippen LogP contribution in [0.3, 0.4) is 0 Å². The molecular weight excluding hydrogens is 238 g/mol. The summed E-state index contributed by atoms with van der Waals surface area (Å²) in [5, 5.41) is 13.7. The largest absolute Gasteiger partial charge is 0.375 e. The minimum Gasteiger partial charge on any atom is -0.375 e. The molecular formula is C16H15NO2. The Morgan fingerprint density at radius 2 is 1.58 bits per heavy atom. The van der Waals surface area contributed by atoms with Crippen molar-refractivity contribution in [3.8, 4) is 0 Å². The van der Waals surface area contributed by atoms with E-state index in [9.17, 15) is 9.90 Å². The van der Waals surface area contributed by atoms with Crippen molar-refractivity contribution in [2.24, 2.45) is 0 Å². The third-order valence-electron chi connectivity index (χ3n) is 3.73. The zero-order valence-corrected chi connectivity index (χ0v) is 10.4. The first-order valence-electron chi connectivity index (χ1n) is 6.34. The van der Waals surface area contributed by atoms with Crippen LogP contribution in [-0.4, -0.2) is 17.6 Å². The summed E-state index contributed by atoms with van der Waals surface area (Å²) in [6.45, 7) is 0.453. The molecule has 0 unspecified atom stereocenters. The van der Waals surface area contributed by atoms with E-state index in [2.05, 4.69) is 5.32 Å². The molecule has 0 spiro atoms. The highest BCUT2D eigenvalue weighted by atomic mass is 16.3. The van der Waals surface area contributed by atoms with Crippen LogP contribution in [0.2, 0.25) is 0 Å². The monoisotopic (exact) mass is 253 g/mol. The maximum atomic E-state index is 12.1. The molecule has 1 aliphatic rings. The fraction of sp³-hybridized carbons (Fsp3) is 0.188. The van der Waals surface area contributed by atoms with Gasteiger partial charge in [0, 0.05) is 12.5 Å². The number of aliphatic hydroxyl groups is 1. The summed E-state index contributed by atoms with van der Waals surface area (Å²) in [5.41, 5.74) is 0.119. The predicted octanol–water partition coefficient (Wildman–Crippen LogP) is 1.79. The van der Waals surface area contributed by atoms with Crippen LogP contribution in [0.4, 0.5) is 0 Å².